The van der Waals surface area contributed by atoms with Crippen LogP contribution < -0.4 is 11.1 Å². The van der Waals surface area contributed by atoms with Crippen LogP contribution in [0.3, 0.4) is 0 Å². The number of thiazole rings is 1. The number of nitrogens with one attached hydrogen (secondary N) is 1. The molecule has 1 amide bonds. The molecular weight excluding hydrogens is 286 g/mol. The molecule has 0 radical (unpaired) electrons. The molecule has 104 valence electrons. The van der Waals surface area contributed by atoms with E-state index < -0.39 is 0 Å². The Hall–Kier alpha value is -1.44. The number of carbonyl (C=O) groups is 1. The second kappa shape index (κ2) is 7.22. The van der Waals surface area contributed by atoms with Crippen molar-refractivity contribution in [1.29, 1.82) is 0 Å². The SMILES string of the molecule is CCn1cc(NC(=O)c2csc(CCN)n2)cn1.Cl. The van der Waals surface area contributed by atoms with Gasteiger partial charge in [-0.3, -0.25) is 9.48 Å². The van der Waals surface area contributed by atoms with Crippen LogP contribution in [0.1, 0.15) is 22.4 Å². The van der Waals surface area contributed by atoms with E-state index in [1.807, 2.05) is 6.92 Å². The first kappa shape index (κ1) is 15.6. The Labute approximate surface area is 121 Å². The molecule has 2 aromatic rings. The van der Waals surface area contributed by atoms with Crippen LogP contribution in [0.2, 0.25) is 0 Å². The van der Waals surface area contributed by atoms with Crippen molar-refractivity contribution in [1.82, 2.24) is 14.8 Å². The minimum absolute atomic E-state index is 0. The van der Waals surface area contributed by atoms with E-state index in [9.17, 15) is 4.79 Å². The molecule has 6 nitrogen and oxygen atoms in total. The fourth-order valence-corrected chi connectivity index (χ4v) is 2.24. The topological polar surface area (TPSA) is 85.8 Å². The molecule has 0 unspecified atom stereocenters. The molecule has 2 heterocycles. The van der Waals surface area contributed by atoms with E-state index in [1.165, 1.54) is 11.3 Å². The van der Waals surface area contributed by atoms with Crippen molar-refractivity contribution in [3.8, 4) is 0 Å². The van der Waals surface area contributed by atoms with Gasteiger partial charge in [-0.25, -0.2) is 4.98 Å². The quantitative estimate of drug-likeness (QED) is 0.877. The smallest absolute Gasteiger partial charge is 0.275 e. The molecule has 0 saturated carbocycles. The molecule has 0 aliphatic heterocycles. The van der Waals surface area contributed by atoms with E-state index in [2.05, 4.69) is 15.4 Å². The minimum atomic E-state index is -0.217. The lowest BCUT2D eigenvalue weighted by atomic mass is 10.4. The maximum atomic E-state index is 11.9. The molecule has 2 rings (SSSR count). The molecule has 8 heteroatoms. The highest BCUT2D eigenvalue weighted by Gasteiger charge is 2.11. The predicted molar refractivity (Wildman–Crippen MR) is 78.0 cm³/mol. The summed E-state index contributed by atoms with van der Waals surface area (Å²) in [5.41, 5.74) is 6.54. The zero-order valence-corrected chi connectivity index (χ0v) is 12.1. The molecule has 3 N–H and O–H groups in total. The van der Waals surface area contributed by atoms with Gasteiger partial charge in [0, 0.05) is 24.5 Å². The van der Waals surface area contributed by atoms with Crippen LogP contribution in [-0.2, 0) is 13.0 Å². The molecule has 2 aromatic heterocycles. The predicted octanol–water partition coefficient (Wildman–Crippen LogP) is 1.53. The Morgan fingerprint density at radius 3 is 3.00 bits per heavy atom. The van der Waals surface area contributed by atoms with Crippen LogP contribution >= 0.6 is 23.7 Å². The third kappa shape index (κ3) is 4.02. The number of nitrogens with two attached hydrogens (primary N) is 1. The lowest BCUT2D eigenvalue weighted by Crippen LogP contribution is -2.12. The second-order valence-corrected chi connectivity index (χ2v) is 4.65. The van der Waals surface area contributed by atoms with E-state index >= 15 is 0 Å². The van der Waals surface area contributed by atoms with E-state index in [0.29, 0.717) is 24.3 Å². The summed E-state index contributed by atoms with van der Waals surface area (Å²) < 4.78 is 1.75. The number of hydrogen-bond donors (Lipinski definition) is 2. The van der Waals surface area contributed by atoms with Crippen LogP contribution in [0, 0.1) is 0 Å². The van der Waals surface area contributed by atoms with Gasteiger partial charge in [-0.2, -0.15) is 5.10 Å². The van der Waals surface area contributed by atoms with Crippen LogP contribution in [0.5, 0.6) is 0 Å². The van der Waals surface area contributed by atoms with Gasteiger partial charge in [0.15, 0.2) is 0 Å². The van der Waals surface area contributed by atoms with Gasteiger partial charge in [0.1, 0.15) is 5.69 Å². The number of halogens is 1. The third-order valence-electron chi connectivity index (χ3n) is 2.36. The van der Waals surface area contributed by atoms with Crippen molar-refractivity contribution in [3.63, 3.8) is 0 Å². The van der Waals surface area contributed by atoms with Gasteiger partial charge in [-0.05, 0) is 13.5 Å². The number of nitrogens with zero attached hydrogens (tertiary/aromatic N) is 3. The van der Waals surface area contributed by atoms with Gasteiger partial charge < -0.3 is 11.1 Å². The Morgan fingerprint density at radius 2 is 2.37 bits per heavy atom. The van der Waals surface area contributed by atoms with Gasteiger partial charge in [0.05, 0.1) is 16.9 Å². The highest BCUT2D eigenvalue weighted by molar-refractivity contribution is 7.09. The van der Waals surface area contributed by atoms with Crippen molar-refractivity contribution in [2.24, 2.45) is 5.73 Å². The summed E-state index contributed by atoms with van der Waals surface area (Å²) in [5.74, 6) is -0.217. The summed E-state index contributed by atoms with van der Waals surface area (Å²) in [6.45, 7) is 3.29. The first-order chi connectivity index (χ1) is 8.72. The van der Waals surface area contributed by atoms with Crippen LogP contribution in [0.15, 0.2) is 17.8 Å². The minimum Gasteiger partial charge on any atom is -0.330 e. The summed E-state index contributed by atoms with van der Waals surface area (Å²) >= 11 is 1.45. The second-order valence-electron chi connectivity index (χ2n) is 3.70. The first-order valence-corrected chi connectivity index (χ1v) is 6.59. The Morgan fingerprint density at radius 1 is 1.58 bits per heavy atom. The third-order valence-corrected chi connectivity index (χ3v) is 3.27. The monoisotopic (exact) mass is 301 g/mol. The van der Waals surface area contributed by atoms with Crippen molar-refractivity contribution in [2.75, 3.05) is 11.9 Å². The number of carbonyl (C=O) groups excluding carboxylic acids is 1. The fraction of sp³-hybridized carbons (Fsp3) is 0.364. The van der Waals surface area contributed by atoms with Crippen molar-refractivity contribution in [3.05, 3.63) is 28.5 Å². The summed E-state index contributed by atoms with van der Waals surface area (Å²) in [5, 5.41) is 9.46. The molecule has 0 fully saturated rings. The molecule has 19 heavy (non-hydrogen) atoms. The van der Waals surface area contributed by atoms with Crippen molar-refractivity contribution < 1.29 is 4.79 Å². The van der Waals surface area contributed by atoms with Crippen molar-refractivity contribution >= 4 is 35.3 Å². The zero-order valence-electron chi connectivity index (χ0n) is 10.5. The Kier molecular flexibility index (Phi) is 5.94. The number of hydrogen-bond acceptors (Lipinski definition) is 5. The van der Waals surface area contributed by atoms with Gasteiger partial charge in [0.25, 0.3) is 5.91 Å². The van der Waals surface area contributed by atoms with E-state index in [0.717, 1.165) is 11.6 Å². The molecule has 0 aliphatic carbocycles. The van der Waals surface area contributed by atoms with E-state index in [-0.39, 0.29) is 18.3 Å². The van der Waals surface area contributed by atoms with Gasteiger partial charge in [-0.15, -0.1) is 23.7 Å². The summed E-state index contributed by atoms with van der Waals surface area (Å²) in [4.78, 5) is 16.1. The molecule has 0 aliphatic rings. The largest absolute Gasteiger partial charge is 0.330 e. The van der Waals surface area contributed by atoms with Crippen LogP contribution in [0.4, 0.5) is 5.69 Å². The molecular formula is C11H16ClN5OS. The highest BCUT2D eigenvalue weighted by Crippen LogP contribution is 2.12. The molecule has 0 saturated heterocycles. The summed E-state index contributed by atoms with van der Waals surface area (Å²) in [7, 11) is 0. The summed E-state index contributed by atoms with van der Waals surface area (Å²) in [6.07, 6.45) is 4.10. The zero-order chi connectivity index (χ0) is 13.0. The molecule has 0 aromatic carbocycles. The lowest BCUT2D eigenvalue weighted by Gasteiger charge is -1.98. The van der Waals surface area contributed by atoms with Crippen LogP contribution in [-0.4, -0.2) is 27.2 Å². The molecule has 0 atom stereocenters. The van der Waals surface area contributed by atoms with Crippen LogP contribution in [0.25, 0.3) is 0 Å². The molecule has 0 bridgehead atoms. The normalized spacial score (nSPS) is 10.0. The highest BCUT2D eigenvalue weighted by atomic mass is 35.5. The van der Waals surface area contributed by atoms with E-state index in [1.54, 1.807) is 22.5 Å². The number of anilines is 1. The maximum absolute atomic E-state index is 11.9. The lowest BCUT2D eigenvalue weighted by molar-refractivity contribution is 0.102. The fourth-order valence-electron chi connectivity index (χ4n) is 1.45. The number of aromatic nitrogens is 3. The Bertz CT molecular complexity index is 539. The average Bonchev–Trinajstić information content (AvgIpc) is 2.98. The molecule has 0 spiro atoms. The van der Waals surface area contributed by atoms with Gasteiger partial charge >= 0.3 is 0 Å². The van der Waals surface area contributed by atoms with Gasteiger partial charge in [0.2, 0.25) is 0 Å². The number of amides is 1. The Balaban J connectivity index is 0.00000180. The maximum Gasteiger partial charge on any atom is 0.275 e. The van der Waals surface area contributed by atoms with E-state index in [4.69, 9.17) is 5.73 Å². The first-order valence-electron chi connectivity index (χ1n) is 5.71. The summed E-state index contributed by atoms with van der Waals surface area (Å²) in [6, 6.07) is 0. The number of aryl methyl sites for hydroxylation is 1. The average molecular weight is 302 g/mol. The number of rotatable bonds is 5. The standard InChI is InChI=1S/C11H15N5OS.ClH/c1-2-16-6-8(5-13-16)14-11(17)9-7-18-10(15-9)3-4-12;/h5-7H,2-4,12H2,1H3,(H,14,17);1H. The van der Waals surface area contributed by atoms with Crippen molar-refractivity contribution in [2.45, 2.75) is 19.9 Å². The van der Waals surface area contributed by atoms with Gasteiger partial charge in [-0.1, -0.05) is 0 Å².